The number of hydrogen-bond donors (Lipinski definition) is 0. The Kier molecular flexibility index (Phi) is 6.45. The predicted octanol–water partition coefficient (Wildman–Crippen LogP) is 5.08. The molecule has 0 spiro atoms. The standard InChI is InChI=1S/C20H26O3/c1-4-5-6-7-12-23-20(21)15(2)16-8-9-18-14-19(22-3)11-10-17(18)13-16/h8-11,13-15H,4-7,12H2,1-3H3. The first-order chi connectivity index (χ1) is 11.2. The van der Waals surface area contributed by atoms with Crippen molar-refractivity contribution >= 4 is 16.7 Å². The summed E-state index contributed by atoms with van der Waals surface area (Å²) in [5.41, 5.74) is 0.987. The molecule has 1 unspecified atom stereocenters. The molecule has 124 valence electrons. The number of fused-ring (bicyclic) bond motifs is 1. The van der Waals surface area contributed by atoms with Crippen LogP contribution in [-0.2, 0) is 9.53 Å². The average Bonchev–Trinajstić information content (AvgIpc) is 2.59. The molecular formula is C20H26O3. The number of carbonyl (C=O) groups excluding carboxylic acids is 1. The summed E-state index contributed by atoms with van der Waals surface area (Å²) in [6, 6.07) is 12.0. The lowest BCUT2D eigenvalue weighted by Crippen LogP contribution is -2.14. The maximum absolute atomic E-state index is 12.2. The fourth-order valence-corrected chi connectivity index (χ4v) is 2.60. The zero-order valence-electron chi connectivity index (χ0n) is 14.3. The van der Waals surface area contributed by atoms with E-state index in [1.807, 2.05) is 37.3 Å². The van der Waals surface area contributed by atoms with Gasteiger partial charge in [-0.15, -0.1) is 0 Å². The van der Waals surface area contributed by atoms with E-state index in [9.17, 15) is 4.79 Å². The van der Waals surface area contributed by atoms with Crippen LogP contribution in [0.25, 0.3) is 10.8 Å². The van der Waals surface area contributed by atoms with Gasteiger partial charge in [-0.25, -0.2) is 0 Å². The Bertz CT molecular complexity index is 648. The number of methoxy groups -OCH3 is 1. The number of unbranched alkanes of at least 4 members (excludes halogenated alkanes) is 3. The van der Waals surface area contributed by atoms with Crippen LogP contribution in [0.3, 0.4) is 0 Å². The van der Waals surface area contributed by atoms with E-state index in [4.69, 9.17) is 9.47 Å². The topological polar surface area (TPSA) is 35.5 Å². The molecule has 0 saturated carbocycles. The SMILES string of the molecule is CCCCCCOC(=O)C(C)c1ccc2cc(OC)ccc2c1. The summed E-state index contributed by atoms with van der Waals surface area (Å²) in [5.74, 6) is 0.451. The first kappa shape index (κ1) is 17.3. The zero-order valence-corrected chi connectivity index (χ0v) is 14.3. The first-order valence-corrected chi connectivity index (χ1v) is 8.40. The number of ether oxygens (including phenoxy) is 2. The van der Waals surface area contributed by atoms with Crippen molar-refractivity contribution in [3.8, 4) is 5.75 Å². The summed E-state index contributed by atoms with van der Waals surface area (Å²) in [6.07, 6.45) is 4.45. The fourth-order valence-electron chi connectivity index (χ4n) is 2.60. The van der Waals surface area contributed by atoms with Gasteiger partial charge in [-0.05, 0) is 41.8 Å². The minimum absolute atomic E-state index is 0.144. The van der Waals surface area contributed by atoms with E-state index in [0.29, 0.717) is 6.61 Å². The zero-order chi connectivity index (χ0) is 16.7. The Labute approximate surface area is 138 Å². The third-order valence-electron chi connectivity index (χ3n) is 4.17. The van der Waals surface area contributed by atoms with Crippen LogP contribution in [0.15, 0.2) is 36.4 Å². The van der Waals surface area contributed by atoms with Gasteiger partial charge in [-0.1, -0.05) is 50.5 Å². The van der Waals surface area contributed by atoms with Crippen molar-refractivity contribution < 1.29 is 14.3 Å². The average molecular weight is 314 g/mol. The minimum Gasteiger partial charge on any atom is -0.497 e. The summed E-state index contributed by atoms with van der Waals surface area (Å²) < 4.78 is 10.6. The normalized spacial score (nSPS) is 12.1. The molecule has 0 heterocycles. The van der Waals surface area contributed by atoms with E-state index < -0.39 is 0 Å². The molecule has 0 fully saturated rings. The van der Waals surface area contributed by atoms with Gasteiger partial charge in [-0.3, -0.25) is 4.79 Å². The molecule has 0 aliphatic rings. The quantitative estimate of drug-likeness (QED) is 0.504. The van der Waals surface area contributed by atoms with Crippen molar-refractivity contribution in [3.05, 3.63) is 42.0 Å². The van der Waals surface area contributed by atoms with Crippen molar-refractivity contribution in [2.24, 2.45) is 0 Å². The van der Waals surface area contributed by atoms with Crippen LogP contribution >= 0.6 is 0 Å². The van der Waals surface area contributed by atoms with Gasteiger partial charge in [0.05, 0.1) is 19.6 Å². The molecule has 3 nitrogen and oxygen atoms in total. The highest BCUT2D eigenvalue weighted by Crippen LogP contribution is 2.25. The molecular weight excluding hydrogens is 288 g/mol. The summed E-state index contributed by atoms with van der Waals surface area (Å²) in [6.45, 7) is 4.59. The van der Waals surface area contributed by atoms with Crippen LogP contribution < -0.4 is 4.74 Å². The third-order valence-corrected chi connectivity index (χ3v) is 4.17. The van der Waals surface area contributed by atoms with E-state index in [-0.39, 0.29) is 11.9 Å². The predicted molar refractivity (Wildman–Crippen MR) is 94.0 cm³/mol. The van der Waals surface area contributed by atoms with Gasteiger partial charge in [-0.2, -0.15) is 0 Å². The van der Waals surface area contributed by atoms with Crippen LogP contribution in [-0.4, -0.2) is 19.7 Å². The molecule has 1 atom stereocenters. The largest absolute Gasteiger partial charge is 0.497 e. The van der Waals surface area contributed by atoms with Crippen LogP contribution in [0.4, 0.5) is 0 Å². The Balaban J connectivity index is 1.99. The van der Waals surface area contributed by atoms with Gasteiger partial charge in [0, 0.05) is 0 Å². The highest BCUT2D eigenvalue weighted by atomic mass is 16.5. The van der Waals surface area contributed by atoms with Crippen LogP contribution in [0.2, 0.25) is 0 Å². The molecule has 0 aromatic heterocycles. The molecule has 0 radical (unpaired) electrons. The lowest BCUT2D eigenvalue weighted by Gasteiger charge is -2.13. The summed E-state index contributed by atoms with van der Waals surface area (Å²) in [4.78, 5) is 12.2. The van der Waals surface area contributed by atoms with E-state index in [1.54, 1.807) is 7.11 Å². The third kappa shape index (κ3) is 4.72. The smallest absolute Gasteiger partial charge is 0.313 e. The number of benzene rings is 2. The summed E-state index contributed by atoms with van der Waals surface area (Å²) in [7, 11) is 1.66. The highest BCUT2D eigenvalue weighted by Gasteiger charge is 2.17. The molecule has 23 heavy (non-hydrogen) atoms. The fraction of sp³-hybridized carbons (Fsp3) is 0.450. The van der Waals surface area contributed by atoms with Crippen molar-refractivity contribution in [1.29, 1.82) is 0 Å². The lowest BCUT2D eigenvalue weighted by molar-refractivity contribution is -0.145. The van der Waals surface area contributed by atoms with Crippen molar-refractivity contribution in [3.63, 3.8) is 0 Å². The highest BCUT2D eigenvalue weighted by molar-refractivity contribution is 5.86. The Morgan fingerprint density at radius 1 is 1.04 bits per heavy atom. The van der Waals surface area contributed by atoms with Gasteiger partial charge >= 0.3 is 5.97 Å². The lowest BCUT2D eigenvalue weighted by atomic mass is 9.98. The molecule has 2 aromatic carbocycles. The van der Waals surface area contributed by atoms with Gasteiger partial charge in [0.2, 0.25) is 0 Å². The second-order valence-corrected chi connectivity index (χ2v) is 5.92. The summed E-state index contributed by atoms with van der Waals surface area (Å²) in [5, 5.41) is 2.21. The molecule has 0 amide bonds. The van der Waals surface area contributed by atoms with E-state index in [0.717, 1.165) is 34.9 Å². The van der Waals surface area contributed by atoms with Gasteiger partial charge in [0.1, 0.15) is 5.75 Å². The number of hydrogen-bond acceptors (Lipinski definition) is 3. The number of carbonyl (C=O) groups is 1. The van der Waals surface area contributed by atoms with Crippen LogP contribution in [0.5, 0.6) is 5.75 Å². The van der Waals surface area contributed by atoms with E-state index in [2.05, 4.69) is 13.0 Å². The van der Waals surface area contributed by atoms with Gasteiger partial charge in [0.25, 0.3) is 0 Å². The maximum atomic E-state index is 12.2. The molecule has 0 saturated heterocycles. The maximum Gasteiger partial charge on any atom is 0.313 e. The van der Waals surface area contributed by atoms with E-state index >= 15 is 0 Å². The van der Waals surface area contributed by atoms with Crippen molar-refractivity contribution in [2.75, 3.05) is 13.7 Å². The van der Waals surface area contributed by atoms with Gasteiger partial charge in [0.15, 0.2) is 0 Å². The van der Waals surface area contributed by atoms with Crippen LogP contribution in [0.1, 0.15) is 51.0 Å². The minimum atomic E-state index is -0.243. The Morgan fingerprint density at radius 2 is 1.78 bits per heavy atom. The second kappa shape index (κ2) is 8.56. The monoisotopic (exact) mass is 314 g/mol. The molecule has 0 bridgehead atoms. The Hall–Kier alpha value is -2.03. The molecule has 2 aromatic rings. The van der Waals surface area contributed by atoms with Crippen molar-refractivity contribution in [2.45, 2.75) is 45.4 Å². The summed E-state index contributed by atoms with van der Waals surface area (Å²) >= 11 is 0. The second-order valence-electron chi connectivity index (χ2n) is 5.92. The number of esters is 1. The molecule has 0 N–H and O–H groups in total. The Morgan fingerprint density at radius 3 is 2.52 bits per heavy atom. The number of rotatable bonds is 8. The molecule has 0 aliphatic heterocycles. The molecule has 2 rings (SSSR count). The van der Waals surface area contributed by atoms with Crippen molar-refractivity contribution in [1.82, 2.24) is 0 Å². The first-order valence-electron chi connectivity index (χ1n) is 8.40. The molecule has 3 heteroatoms. The van der Waals surface area contributed by atoms with Gasteiger partial charge < -0.3 is 9.47 Å². The van der Waals surface area contributed by atoms with E-state index in [1.165, 1.54) is 12.8 Å². The molecule has 0 aliphatic carbocycles. The van der Waals surface area contributed by atoms with Crippen LogP contribution in [0, 0.1) is 0 Å².